The summed E-state index contributed by atoms with van der Waals surface area (Å²) < 4.78 is 11.9. The van der Waals surface area contributed by atoms with Gasteiger partial charge >= 0.3 is 5.69 Å². The number of hydrogen-bond acceptors (Lipinski definition) is 7. The van der Waals surface area contributed by atoms with Gasteiger partial charge in [-0.25, -0.2) is 4.98 Å². The smallest absolute Gasteiger partial charge is 0.315 e. The minimum atomic E-state index is -0.558. The quantitative estimate of drug-likeness (QED) is 0.239. The van der Waals surface area contributed by atoms with Crippen molar-refractivity contribution in [1.82, 2.24) is 9.66 Å². The fourth-order valence-corrected chi connectivity index (χ4v) is 3.42. The van der Waals surface area contributed by atoms with Crippen molar-refractivity contribution in [2.75, 3.05) is 13.7 Å². The lowest BCUT2D eigenvalue weighted by Gasteiger charge is -2.11. The Labute approximate surface area is 188 Å². The lowest BCUT2D eigenvalue weighted by atomic mass is 10.2. The lowest BCUT2D eigenvalue weighted by Crippen LogP contribution is -2.20. The summed E-state index contributed by atoms with van der Waals surface area (Å²) >= 11 is 0. The summed E-state index contributed by atoms with van der Waals surface area (Å²) in [5.74, 6) is 0.583. The molecule has 0 atom stereocenters. The van der Waals surface area contributed by atoms with Gasteiger partial charge in [0.25, 0.3) is 5.56 Å². The molecule has 1 heterocycles. The second kappa shape index (κ2) is 9.31. The average molecular weight is 444 g/mol. The summed E-state index contributed by atoms with van der Waals surface area (Å²) in [5.41, 5.74) is 0.991. The Kier molecular flexibility index (Phi) is 6.12. The van der Waals surface area contributed by atoms with E-state index in [1.807, 2.05) is 36.4 Å². The fourth-order valence-electron chi connectivity index (χ4n) is 3.42. The SMILES string of the molecule is CCOc1cc(C=Nn2c(-c3ccccc3)nc3ccccc3c2=O)cc([N+](=O)[O-])c1OC. The third-order valence-electron chi connectivity index (χ3n) is 4.87. The van der Waals surface area contributed by atoms with E-state index in [2.05, 4.69) is 10.1 Å². The summed E-state index contributed by atoms with van der Waals surface area (Å²) in [4.78, 5) is 28.9. The van der Waals surface area contributed by atoms with Crippen molar-refractivity contribution in [3.8, 4) is 22.9 Å². The minimum Gasteiger partial charge on any atom is -0.490 e. The highest BCUT2D eigenvalue weighted by Gasteiger charge is 2.21. The van der Waals surface area contributed by atoms with Crippen LogP contribution >= 0.6 is 0 Å². The molecule has 9 heteroatoms. The molecule has 0 radical (unpaired) electrons. The normalized spacial score (nSPS) is 11.1. The van der Waals surface area contributed by atoms with Crippen LogP contribution in [0, 0.1) is 10.1 Å². The van der Waals surface area contributed by atoms with Gasteiger partial charge in [-0.05, 0) is 25.1 Å². The predicted octanol–water partition coefficient (Wildman–Crippen LogP) is 4.26. The van der Waals surface area contributed by atoms with Gasteiger partial charge in [0.05, 0.1) is 35.8 Å². The number of benzene rings is 3. The van der Waals surface area contributed by atoms with Crippen LogP contribution in [-0.4, -0.2) is 34.5 Å². The number of nitro groups is 1. The van der Waals surface area contributed by atoms with Gasteiger partial charge < -0.3 is 9.47 Å². The molecule has 0 saturated heterocycles. The Morgan fingerprint density at radius 1 is 1.12 bits per heavy atom. The molecule has 3 aromatic carbocycles. The molecule has 0 fully saturated rings. The molecule has 0 aliphatic rings. The number of aromatic nitrogens is 2. The van der Waals surface area contributed by atoms with E-state index in [9.17, 15) is 14.9 Å². The number of fused-ring (bicyclic) bond motifs is 1. The number of ether oxygens (including phenoxy) is 2. The molecule has 0 N–H and O–H groups in total. The average Bonchev–Trinajstić information content (AvgIpc) is 2.83. The summed E-state index contributed by atoms with van der Waals surface area (Å²) in [6, 6.07) is 19.1. The second-order valence-corrected chi connectivity index (χ2v) is 6.94. The maximum Gasteiger partial charge on any atom is 0.315 e. The van der Waals surface area contributed by atoms with Crippen LogP contribution in [0.15, 0.2) is 76.6 Å². The van der Waals surface area contributed by atoms with Crippen LogP contribution in [0.4, 0.5) is 5.69 Å². The molecule has 4 rings (SSSR count). The van der Waals surface area contributed by atoms with Crippen LogP contribution in [0.1, 0.15) is 12.5 Å². The van der Waals surface area contributed by atoms with Crippen molar-refractivity contribution < 1.29 is 14.4 Å². The van der Waals surface area contributed by atoms with Crippen LogP contribution in [0.2, 0.25) is 0 Å². The first-order valence-electron chi connectivity index (χ1n) is 10.1. The largest absolute Gasteiger partial charge is 0.490 e. The van der Waals surface area contributed by atoms with Crippen molar-refractivity contribution in [3.05, 3.63) is 92.8 Å². The monoisotopic (exact) mass is 444 g/mol. The maximum absolute atomic E-state index is 13.2. The lowest BCUT2D eigenvalue weighted by molar-refractivity contribution is -0.385. The summed E-state index contributed by atoms with van der Waals surface area (Å²) in [7, 11) is 1.34. The van der Waals surface area contributed by atoms with Gasteiger partial charge in [0.15, 0.2) is 11.6 Å². The molecule has 4 aromatic rings. The zero-order valence-corrected chi connectivity index (χ0v) is 18.0. The van der Waals surface area contributed by atoms with Crippen molar-refractivity contribution in [1.29, 1.82) is 0 Å². The maximum atomic E-state index is 13.2. The first-order chi connectivity index (χ1) is 16.0. The number of nitrogens with zero attached hydrogens (tertiary/aromatic N) is 4. The number of nitro benzene ring substituents is 1. The van der Waals surface area contributed by atoms with Gasteiger partial charge in [-0.3, -0.25) is 14.9 Å². The molecule has 0 spiro atoms. The Morgan fingerprint density at radius 2 is 1.85 bits per heavy atom. The van der Waals surface area contributed by atoms with E-state index < -0.39 is 4.92 Å². The molecule has 0 aliphatic carbocycles. The van der Waals surface area contributed by atoms with E-state index in [1.54, 1.807) is 31.2 Å². The molecule has 166 valence electrons. The number of rotatable bonds is 7. The zero-order valence-electron chi connectivity index (χ0n) is 18.0. The minimum absolute atomic E-state index is 0.0218. The van der Waals surface area contributed by atoms with Gasteiger partial charge in [0.1, 0.15) is 0 Å². The van der Waals surface area contributed by atoms with E-state index in [-0.39, 0.29) is 22.7 Å². The topological polar surface area (TPSA) is 109 Å². The Morgan fingerprint density at radius 3 is 2.55 bits per heavy atom. The van der Waals surface area contributed by atoms with Crippen LogP contribution in [0.25, 0.3) is 22.3 Å². The van der Waals surface area contributed by atoms with Crippen molar-refractivity contribution >= 4 is 22.8 Å². The molecule has 0 amide bonds. The van der Waals surface area contributed by atoms with Gasteiger partial charge in [0, 0.05) is 17.2 Å². The van der Waals surface area contributed by atoms with Crippen molar-refractivity contribution in [2.45, 2.75) is 6.92 Å². The molecular weight excluding hydrogens is 424 g/mol. The molecule has 9 nitrogen and oxygen atoms in total. The number of hydrogen-bond donors (Lipinski definition) is 0. The highest BCUT2D eigenvalue weighted by atomic mass is 16.6. The van der Waals surface area contributed by atoms with E-state index in [0.29, 0.717) is 34.5 Å². The van der Waals surface area contributed by atoms with Gasteiger partial charge in [-0.15, -0.1) is 0 Å². The van der Waals surface area contributed by atoms with Crippen molar-refractivity contribution in [2.24, 2.45) is 5.10 Å². The first kappa shape index (κ1) is 21.7. The Bertz CT molecular complexity index is 1410. The van der Waals surface area contributed by atoms with Crippen LogP contribution in [0.5, 0.6) is 11.5 Å². The Balaban J connectivity index is 1.90. The molecule has 0 aliphatic heterocycles. The van der Waals surface area contributed by atoms with E-state index in [1.165, 1.54) is 24.1 Å². The van der Waals surface area contributed by atoms with Crippen molar-refractivity contribution in [3.63, 3.8) is 0 Å². The number of para-hydroxylation sites is 1. The molecule has 0 unspecified atom stereocenters. The zero-order chi connectivity index (χ0) is 23.4. The highest BCUT2D eigenvalue weighted by molar-refractivity contribution is 5.84. The molecule has 33 heavy (non-hydrogen) atoms. The third kappa shape index (κ3) is 4.29. The third-order valence-corrected chi connectivity index (χ3v) is 4.87. The second-order valence-electron chi connectivity index (χ2n) is 6.94. The van der Waals surface area contributed by atoms with Gasteiger partial charge in [0.2, 0.25) is 5.75 Å². The molecule has 0 saturated carbocycles. The van der Waals surface area contributed by atoms with E-state index in [4.69, 9.17) is 9.47 Å². The summed E-state index contributed by atoms with van der Waals surface area (Å²) in [6.07, 6.45) is 1.36. The van der Waals surface area contributed by atoms with Crippen LogP contribution in [0.3, 0.4) is 0 Å². The molecular formula is C24H20N4O5. The molecule has 0 bridgehead atoms. The summed E-state index contributed by atoms with van der Waals surface area (Å²) in [5, 5.41) is 16.3. The van der Waals surface area contributed by atoms with E-state index in [0.717, 1.165) is 0 Å². The summed E-state index contributed by atoms with van der Waals surface area (Å²) in [6.45, 7) is 2.05. The van der Waals surface area contributed by atoms with Crippen LogP contribution in [-0.2, 0) is 0 Å². The van der Waals surface area contributed by atoms with E-state index >= 15 is 0 Å². The fraction of sp³-hybridized carbons (Fsp3) is 0.125. The molecule has 1 aromatic heterocycles. The first-order valence-corrected chi connectivity index (χ1v) is 10.1. The van der Waals surface area contributed by atoms with Crippen LogP contribution < -0.4 is 15.0 Å². The van der Waals surface area contributed by atoms with Gasteiger partial charge in [-0.1, -0.05) is 42.5 Å². The Hall–Kier alpha value is -4.53. The standard InChI is InChI=1S/C24H20N4O5/c1-3-33-21-14-16(13-20(28(30)31)22(21)32-2)15-25-27-23(17-9-5-4-6-10-17)26-19-12-8-7-11-18(19)24(27)29/h4-15H,3H2,1-2H3. The van der Waals surface area contributed by atoms with Gasteiger partial charge in [-0.2, -0.15) is 9.78 Å². The number of methoxy groups -OCH3 is 1. The highest BCUT2D eigenvalue weighted by Crippen LogP contribution is 2.37. The predicted molar refractivity (Wildman–Crippen MR) is 125 cm³/mol.